The van der Waals surface area contributed by atoms with Crippen LogP contribution >= 0.6 is 0 Å². The second kappa shape index (κ2) is 9.96. The Kier molecular flexibility index (Phi) is 7.31. The van der Waals surface area contributed by atoms with Crippen LogP contribution in [0.5, 0.6) is 0 Å². The summed E-state index contributed by atoms with van der Waals surface area (Å²) in [4.78, 5) is 0. The summed E-state index contributed by atoms with van der Waals surface area (Å²) in [5.41, 5.74) is 11.4. The zero-order valence-corrected chi connectivity index (χ0v) is 37.2. The molecule has 4 heteroatoms. The minimum atomic E-state index is -4.89. The predicted octanol–water partition coefficient (Wildman–Crippen LogP) is 11.2. The van der Waals surface area contributed by atoms with Crippen molar-refractivity contribution in [1.82, 2.24) is 0 Å². The molecule has 0 bridgehead atoms. The van der Waals surface area contributed by atoms with E-state index in [0.29, 0.717) is 7.35 Å². The Balaban J connectivity index is 1.49. The van der Waals surface area contributed by atoms with E-state index < -0.39 is 30.3 Å². The molecule has 0 aliphatic heterocycles. The van der Waals surface area contributed by atoms with E-state index in [1.807, 2.05) is 0 Å². The fourth-order valence-corrected chi connectivity index (χ4v) is 53.7. The fraction of sp³-hybridized carbons (Fsp3) is 0.333. The van der Waals surface area contributed by atoms with Gasteiger partial charge in [-0.1, -0.05) is 0 Å². The van der Waals surface area contributed by atoms with E-state index >= 15 is 0 Å². The summed E-state index contributed by atoms with van der Waals surface area (Å²) < 4.78 is 10.6. The molecule has 0 heterocycles. The molecule has 0 nitrogen and oxygen atoms in total. The molecule has 4 aromatic carbocycles. The molecular formula is C42H56HfSi3. The second-order valence-electron chi connectivity index (χ2n) is 20.3. The Morgan fingerprint density at radius 1 is 0.565 bits per heavy atom. The fourth-order valence-electron chi connectivity index (χ4n) is 9.71. The number of hydrogen-bond donors (Lipinski definition) is 0. The summed E-state index contributed by atoms with van der Waals surface area (Å²) >= 11 is -4.89. The Morgan fingerprint density at radius 2 is 0.935 bits per heavy atom. The van der Waals surface area contributed by atoms with Gasteiger partial charge in [-0.15, -0.1) is 0 Å². The van der Waals surface area contributed by atoms with Crippen molar-refractivity contribution in [3.8, 4) is 22.3 Å². The molecular weight excluding hydrogens is 767 g/mol. The molecule has 2 aliphatic carbocycles. The maximum absolute atomic E-state index is 4.89. The molecule has 2 atom stereocenters. The molecule has 0 saturated carbocycles. The molecule has 0 aromatic heterocycles. The van der Waals surface area contributed by atoms with E-state index in [0.717, 1.165) is 0 Å². The van der Waals surface area contributed by atoms with E-state index in [1.165, 1.54) is 54.4 Å². The Bertz CT molecular complexity index is 1910. The molecule has 2 unspecified atom stereocenters. The third-order valence-electron chi connectivity index (χ3n) is 12.6. The summed E-state index contributed by atoms with van der Waals surface area (Å²) in [7, 11) is -2.69. The van der Waals surface area contributed by atoms with Gasteiger partial charge in [-0.25, -0.2) is 0 Å². The van der Waals surface area contributed by atoms with Gasteiger partial charge in [0.25, 0.3) is 0 Å². The minimum absolute atomic E-state index is 0.430. The quantitative estimate of drug-likeness (QED) is 0.155. The van der Waals surface area contributed by atoms with Crippen LogP contribution in [0.3, 0.4) is 0 Å². The Morgan fingerprint density at radius 3 is 1.26 bits per heavy atom. The average Bonchev–Trinajstić information content (AvgIpc) is 3.63. The van der Waals surface area contributed by atoms with Gasteiger partial charge in [0, 0.05) is 0 Å². The van der Waals surface area contributed by atoms with Crippen molar-refractivity contribution in [3.63, 3.8) is 0 Å². The van der Waals surface area contributed by atoms with Gasteiger partial charge in [-0.2, -0.15) is 0 Å². The third kappa shape index (κ3) is 5.30. The molecule has 4 aromatic rings. The zero-order valence-electron chi connectivity index (χ0n) is 30.2. The topological polar surface area (TPSA) is 0 Å². The van der Waals surface area contributed by atoms with E-state index in [4.69, 9.17) is 0 Å². The first-order valence-electron chi connectivity index (χ1n) is 17.6. The van der Waals surface area contributed by atoms with Crippen molar-refractivity contribution in [2.24, 2.45) is 0 Å². The molecule has 240 valence electrons. The van der Waals surface area contributed by atoms with E-state index in [-0.39, 0.29) is 0 Å². The van der Waals surface area contributed by atoms with Gasteiger partial charge in [-0.3, -0.25) is 0 Å². The van der Waals surface area contributed by atoms with Crippen LogP contribution < -0.4 is 10.4 Å². The molecule has 2 aliphatic rings. The van der Waals surface area contributed by atoms with Crippen molar-refractivity contribution >= 4 is 45.6 Å². The summed E-state index contributed by atoms with van der Waals surface area (Å²) in [6.45, 7) is 19.5. The van der Waals surface area contributed by atoms with Gasteiger partial charge < -0.3 is 0 Å². The Hall–Kier alpha value is -2.12. The van der Waals surface area contributed by atoms with Crippen molar-refractivity contribution in [1.29, 1.82) is 0 Å². The van der Waals surface area contributed by atoms with Crippen molar-refractivity contribution in [3.05, 3.63) is 119 Å². The van der Waals surface area contributed by atoms with E-state index in [1.54, 1.807) is 11.1 Å². The molecule has 0 N–H and O–H groups in total. The third-order valence-corrected chi connectivity index (χ3v) is 63.2. The monoisotopic (exact) mass is 824 g/mol. The molecule has 0 saturated heterocycles. The maximum atomic E-state index is 2.82. The van der Waals surface area contributed by atoms with Crippen LogP contribution in [0.2, 0.25) is 57.5 Å². The summed E-state index contributed by atoms with van der Waals surface area (Å²) in [6.07, 6.45) is 11.5. The first-order valence-corrected chi connectivity index (χ1v) is 50.4. The van der Waals surface area contributed by atoms with Crippen LogP contribution in [-0.2, 0) is 14.2 Å². The summed E-state index contributed by atoms with van der Waals surface area (Å²) in [5.74, 6) is 0. The van der Waals surface area contributed by atoms with Gasteiger partial charge >= 0.3 is 280 Å². The van der Waals surface area contributed by atoms with E-state index in [9.17, 15) is 0 Å². The number of allylic oxidation sites excluding steroid dienone is 2. The van der Waals surface area contributed by atoms with Gasteiger partial charge in [0.2, 0.25) is 0 Å². The second-order valence-corrected chi connectivity index (χ2v) is 112. The van der Waals surface area contributed by atoms with E-state index in [2.05, 4.69) is 176 Å². The summed E-state index contributed by atoms with van der Waals surface area (Å²) in [6, 6.07) is 33.3. The molecule has 0 fully saturated rings. The summed E-state index contributed by atoms with van der Waals surface area (Å²) in [5, 5.41) is 3.05. The number of benzene rings is 4. The van der Waals surface area contributed by atoms with Crippen molar-refractivity contribution in [2.45, 2.75) is 78.2 Å². The number of fused-ring (bicyclic) bond motifs is 2. The van der Waals surface area contributed by atoms with Crippen molar-refractivity contribution < 1.29 is 14.2 Å². The van der Waals surface area contributed by atoms with Gasteiger partial charge in [0.15, 0.2) is 0 Å². The van der Waals surface area contributed by atoms with Crippen LogP contribution in [0.1, 0.15) is 42.9 Å². The average molecular weight is 824 g/mol. The molecule has 0 radical (unpaired) electrons. The van der Waals surface area contributed by atoms with Crippen LogP contribution in [0, 0.1) is 0 Å². The molecule has 0 amide bonds. The van der Waals surface area contributed by atoms with Gasteiger partial charge in [0.05, 0.1) is 0 Å². The van der Waals surface area contributed by atoms with Gasteiger partial charge in [-0.05, 0) is 0 Å². The normalized spacial score (nSPS) is 20.0. The van der Waals surface area contributed by atoms with Crippen LogP contribution in [0.25, 0.3) is 34.4 Å². The zero-order chi connectivity index (χ0) is 33.4. The number of rotatable bonds is 8. The van der Waals surface area contributed by atoms with Gasteiger partial charge in [0.1, 0.15) is 0 Å². The van der Waals surface area contributed by atoms with Crippen LogP contribution in [0.15, 0.2) is 97.1 Å². The standard InChI is InChI=1S/2C18H19Si.C3H7.3CH3.Hf.H2Si/c2*1-19(2,3)16-12-10-15(11-13-16)18-9-5-7-14-6-4-8-17(14)18;1-3-2;;;;;/h2*4-13H,1-3H3;1,3H2,2H3;3*1H3;;1H2. The van der Waals surface area contributed by atoms with Crippen LogP contribution in [0.4, 0.5) is 0 Å². The number of hydrogen-bond acceptors (Lipinski definition) is 0. The molecule has 46 heavy (non-hydrogen) atoms. The van der Waals surface area contributed by atoms with Crippen LogP contribution in [-0.4, -0.2) is 23.1 Å². The molecule has 0 spiro atoms. The first kappa shape index (κ1) is 33.8. The first-order chi connectivity index (χ1) is 21.2. The predicted molar refractivity (Wildman–Crippen MR) is 214 cm³/mol. The Labute approximate surface area is 277 Å². The van der Waals surface area contributed by atoms with Crippen molar-refractivity contribution in [2.75, 3.05) is 0 Å². The SMILES string of the molecule is CC[CH2][Hf]([CH3])([CH3])([CH3])(=[SiH2])([CH]1C=Cc2c(-c3ccc([Si](C)(C)C)cc3)cccc21)[CH]1C=Cc2c(-c3ccc([Si](C)(C)C)cc3)cccc21. The molecule has 6 rings (SSSR count).